The van der Waals surface area contributed by atoms with Gasteiger partial charge in [0.1, 0.15) is 16.4 Å². The second-order valence-corrected chi connectivity index (χ2v) is 7.20. The van der Waals surface area contributed by atoms with Crippen molar-refractivity contribution in [1.29, 1.82) is 0 Å². The number of carbonyl (C=O) groups excluding carboxylic acids is 1. The zero-order valence-electron chi connectivity index (χ0n) is 14.5. The lowest BCUT2D eigenvalue weighted by Gasteiger charge is -2.12. The average Bonchev–Trinajstić information content (AvgIpc) is 3.24. The Labute approximate surface area is 170 Å². The van der Waals surface area contributed by atoms with Crippen molar-refractivity contribution < 1.29 is 18.0 Å². The summed E-state index contributed by atoms with van der Waals surface area (Å²) in [7, 11) is 0. The second-order valence-electron chi connectivity index (χ2n) is 5.96. The molecule has 0 aliphatic carbocycles. The van der Waals surface area contributed by atoms with Crippen LogP contribution in [0.3, 0.4) is 0 Å². The van der Waals surface area contributed by atoms with Gasteiger partial charge in [0, 0.05) is 23.2 Å². The average molecular weight is 439 g/mol. The zero-order chi connectivity index (χ0) is 20.9. The number of hydrogen-bond acceptors (Lipinski definition) is 6. The van der Waals surface area contributed by atoms with E-state index < -0.39 is 17.6 Å². The highest BCUT2D eigenvalue weighted by Gasteiger charge is 2.36. The van der Waals surface area contributed by atoms with Crippen LogP contribution < -0.4 is 5.73 Å². The number of nitrogens with two attached hydrogens (primary N) is 1. The third kappa shape index (κ3) is 3.32. The molecule has 4 rings (SSSR count). The van der Waals surface area contributed by atoms with Gasteiger partial charge in [0.2, 0.25) is 0 Å². The molecule has 0 saturated heterocycles. The molecule has 0 aliphatic heterocycles. The van der Waals surface area contributed by atoms with Crippen LogP contribution in [0.25, 0.3) is 27.7 Å². The number of alkyl halides is 3. The normalized spacial score (nSPS) is 11.9. The van der Waals surface area contributed by atoms with Crippen molar-refractivity contribution in [2.24, 2.45) is 5.73 Å². The molecule has 0 saturated carbocycles. The van der Waals surface area contributed by atoms with Crippen molar-refractivity contribution in [2.75, 3.05) is 0 Å². The number of primary amides is 1. The number of aryl methyl sites for hydroxylation is 1. The van der Waals surface area contributed by atoms with Crippen molar-refractivity contribution in [3.63, 3.8) is 0 Å². The summed E-state index contributed by atoms with van der Waals surface area (Å²) < 4.78 is 41.7. The van der Waals surface area contributed by atoms with Gasteiger partial charge in [0.05, 0.1) is 11.3 Å². The molecule has 0 aromatic carbocycles. The summed E-state index contributed by atoms with van der Waals surface area (Å²) >= 11 is 7.00. The van der Waals surface area contributed by atoms with Crippen LogP contribution in [0.1, 0.15) is 21.6 Å². The molecule has 148 valence electrons. The number of halogens is 4. The van der Waals surface area contributed by atoms with Crippen LogP contribution in [0.15, 0.2) is 29.9 Å². The maximum atomic E-state index is 13.5. The molecule has 0 bridgehead atoms. The fourth-order valence-electron chi connectivity index (χ4n) is 2.92. The van der Waals surface area contributed by atoms with Crippen LogP contribution in [0.4, 0.5) is 13.2 Å². The van der Waals surface area contributed by atoms with E-state index in [9.17, 15) is 18.0 Å². The summed E-state index contributed by atoms with van der Waals surface area (Å²) in [6.07, 6.45) is -2.45. The minimum absolute atomic E-state index is 0.0245. The van der Waals surface area contributed by atoms with Crippen molar-refractivity contribution >= 4 is 39.9 Å². The first-order chi connectivity index (χ1) is 13.7. The molecular weight excluding hydrogens is 429 g/mol. The van der Waals surface area contributed by atoms with Crippen molar-refractivity contribution in [3.8, 4) is 16.6 Å². The number of carbonyl (C=O) groups is 1. The fourth-order valence-corrected chi connectivity index (χ4v) is 3.80. The monoisotopic (exact) mass is 438 g/mol. The summed E-state index contributed by atoms with van der Waals surface area (Å²) in [6, 6.07) is 2.69. The second kappa shape index (κ2) is 6.78. The van der Waals surface area contributed by atoms with Crippen molar-refractivity contribution in [1.82, 2.24) is 24.5 Å². The number of hydrogen-bond donors (Lipinski definition) is 1. The number of pyridine rings is 1. The van der Waals surface area contributed by atoms with E-state index >= 15 is 0 Å². The van der Waals surface area contributed by atoms with Gasteiger partial charge in [-0.25, -0.2) is 19.9 Å². The molecule has 0 radical (unpaired) electrons. The molecule has 4 aromatic rings. The van der Waals surface area contributed by atoms with Gasteiger partial charge < -0.3 is 5.73 Å². The predicted octanol–water partition coefficient (Wildman–Crippen LogP) is 4.02. The molecule has 0 unspecified atom stereocenters. The van der Waals surface area contributed by atoms with Gasteiger partial charge in [-0.1, -0.05) is 11.6 Å². The lowest BCUT2D eigenvalue weighted by Crippen LogP contribution is -2.19. The quantitative estimate of drug-likeness (QED) is 0.520. The van der Waals surface area contributed by atoms with E-state index in [0.717, 1.165) is 22.1 Å². The van der Waals surface area contributed by atoms with E-state index in [0.29, 0.717) is 5.01 Å². The number of aromatic nitrogens is 5. The first kappa shape index (κ1) is 19.3. The molecule has 12 heteroatoms. The van der Waals surface area contributed by atoms with Gasteiger partial charge in [-0.05, 0) is 19.1 Å². The number of nitrogens with zero attached hydrogens (tertiary/aromatic N) is 5. The Kier molecular flexibility index (Phi) is 4.50. The third-order valence-corrected chi connectivity index (χ3v) is 5.24. The van der Waals surface area contributed by atoms with E-state index in [4.69, 9.17) is 17.3 Å². The SMILES string of the molecule is Cc1nc(-c2nc(Cl)cs2)nc(-n2cc(C(F)(F)F)c3cccnc32)c1C(N)=O. The minimum atomic E-state index is -4.63. The Morgan fingerprint density at radius 2 is 2.03 bits per heavy atom. The van der Waals surface area contributed by atoms with Crippen LogP contribution in [-0.4, -0.2) is 30.4 Å². The van der Waals surface area contributed by atoms with E-state index in [-0.39, 0.29) is 39.1 Å². The van der Waals surface area contributed by atoms with Crippen LogP contribution in [-0.2, 0) is 6.18 Å². The Morgan fingerprint density at radius 1 is 1.28 bits per heavy atom. The summed E-state index contributed by atoms with van der Waals surface area (Å²) in [5.41, 5.74) is 4.61. The molecular formula is C17H10ClF3N6OS. The van der Waals surface area contributed by atoms with Crippen LogP contribution in [0, 0.1) is 6.92 Å². The number of fused-ring (bicyclic) bond motifs is 1. The summed E-state index contributed by atoms with van der Waals surface area (Å²) in [6.45, 7) is 1.51. The van der Waals surface area contributed by atoms with Gasteiger partial charge in [0.25, 0.3) is 5.91 Å². The summed E-state index contributed by atoms with van der Waals surface area (Å²) in [4.78, 5) is 28.7. The van der Waals surface area contributed by atoms with Gasteiger partial charge >= 0.3 is 6.18 Å². The van der Waals surface area contributed by atoms with E-state index in [1.54, 1.807) is 5.38 Å². The molecule has 2 N–H and O–H groups in total. The highest BCUT2D eigenvalue weighted by molar-refractivity contribution is 7.13. The Balaban J connectivity index is 2.07. The first-order valence-electron chi connectivity index (χ1n) is 8.00. The standard InChI is InChI=1S/C17H10ClF3N6OS/c1-7-11(12(22)28)15(26-13(24-7)16-25-10(18)6-29-16)27-5-9(17(19,20)21)8-3-2-4-23-14(8)27/h2-6H,1H3,(H2,22,28). The lowest BCUT2D eigenvalue weighted by atomic mass is 10.2. The third-order valence-electron chi connectivity index (χ3n) is 4.08. The largest absolute Gasteiger partial charge is 0.418 e. The number of rotatable bonds is 3. The molecule has 4 heterocycles. The van der Waals surface area contributed by atoms with E-state index in [1.807, 2.05) is 0 Å². The van der Waals surface area contributed by atoms with Crippen LogP contribution in [0.5, 0.6) is 0 Å². The van der Waals surface area contributed by atoms with Gasteiger partial charge in [-0.2, -0.15) is 13.2 Å². The number of amides is 1. The maximum absolute atomic E-state index is 13.5. The van der Waals surface area contributed by atoms with E-state index in [1.165, 1.54) is 25.3 Å². The molecule has 0 atom stereocenters. The molecule has 0 aliphatic rings. The highest BCUT2D eigenvalue weighted by Crippen LogP contribution is 2.37. The van der Waals surface area contributed by atoms with Gasteiger partial charge in [-0.15, -0.1) is 11.3 Å². The molecule has 29 heavy (non-hydrogen) atoms. The molecule has 0 fully saturated rings. The minimum Gasteiger partial charge on any atom is -0.365 e. The lowest BCUT2D eigenvalue weighted by molar-refractivity contribution is -0.136. The molecule has 0 spiro atoms. The highest BCUT2D eigenvalue weighted by atomic mass is 35.5. The fraction of sp³-hybridized carbons (Fsp3) is 0.118. The Morgan fingerprint density at radius 3 is 2.66 bits per heavy atom. The van der Waals surface area contributed by atoms with Crippen molar-refractivity contribution in [3.05, 3.63) is 51.9 Å². The molecule has 1 amide bonds. The van der Waals surface area contributed by atoms with E-state index in [2.05, 4.69) is 19.9 Å². The molecule has 4 aromatic heterocycles. The first-order valence-corrected chi connectivity index (χ1v) is 9.26. The Hall–Kier alpha value is -3.05. The van der Waals surface area contributed by atoms with Crippen molar-refractivity contribution in [2.45, 2.75) is 13.1 Å². The smallest absolute Gasteiger partial charge is 0.365 e. The summed E-state index contributed by atoms with van der Waals surface area (Å²) in [5, 5.41) is 1.99. The molecule has 7 nitrogen and oxygen atoms in total. The zero-order valence-corrected chi connectivity index (χ0v) is 16.1. The Bertz CT molecular complexity index is 1270. The topological polar surface area (TPSA) is 99.6 Å². The van der Waals surface area contributed by atoms with Crippen LogP contribution >= 0.6 is 22.9 Å². The van der Waals surface area contributed by atoms with Crippen LogP contribution in [0.2, 0.25) is 5.15 Å². The van der Waals surface area contributed by atoms with Gasteiger partial charge in [-0.3, -0.25) is 9.36 Å². The summed E-state index contributed by atoms with van der Waals surface area (Å²) in [5.74, 6) is -0.899. The van der Waals surface area contributed by atoms with Gasteiger partial charge in [0.15, 0.2) is 16.6 Å². The maximum Gasteiger partial charge on any atom is 0.418 e. The predicted molar refractivity (Wildman–Crippen MR) is 101 cm³/mol. The number of thiazole rings is 1.